The first-order valence-corrected chi connectivity index (χ1v) is 9.94. The normalized spacial score (nSPS) is 17.0. The Balaban J connectivity index is 1.42. The van der Waals surface area contributed by atoms with Crippen molar-refractivity contribution in [3.63, 3.8) is 0 Å². The molecule has 1 aromatic heterocycles. The van der Waals surface area contributed by atoms with Crippen LogP contribution < -0.4 is 14.8 Å². The fourth-order valence-corrected chi connectivity index (χ4v) is 3.86. The summed E-state index contributed by atoms with van der Waals surface area (Å²) in [6.07, 6.45) is 2.99. The molecule has 0 spiro atoms. The molecule has 2 amide bonds. The van der Waals surface area contributed by atoms with E-state index in [-0.39, 0.29) is 6.03 Å². The summed E-state index contributed by atoms with van der Waals surface area (Å²) < 4.78 is 11.1. The van der Waals surface area contributed by atoms with Crippen LogP contribution in [-0.2, 0) is 6.42 Å². The van der Waals surface area contributed by atoms with Gasteiger partial charge in [0.2, 0.25) is 0 Å². The number of methoxy groups -OCH3 is 1. The Morgan fingerprint density at radius 1 is 1.31 bits per heavy atom. The van der Waals surface area contributed by atoms with Gasteiger partial charge >= 0.3 is 6.03 Å². The number of benzene rings is 1. The average Bonchev–Trinajstić information content (AvgIpc) is 3.20. The molecule has 26 heavy (non-hydrogen) atoms. The van der Waals surface area contributed by atoms with Gasteiger partial charge < -0.3 is 19.7 Å². The molecule has 0 aliphatic carbocycles. The van der Waals surface area contributed by atoms with E-state index in [0.29, 0.717) is 19.1 Å². The van der Waals surface area contributed by atoms with Gasteiger partial charge in [-0.2, -0.15) is 0 Å². The molecule has 1 aliphatic rings. The van der Waals surface area contributed by atoms with Crippen molar-refractivity contribution in [1.82, 2.24) is 10.2 Å². The van der Waals surface area contributed by atoms with Crippen LogP contribution in [0, 0.1) is 5.92 Å². The molecule has 3 rings (SSSR count). The predicted molar refractivity (Wildman–Crippen MR) is 104 cm³/mol. The van der Waals surface area contributed by atoms with Gasteiger partial charge in [0.05, 0.1) is 13.7 Å². The molecule has 0 radical (unpaired) electrons. The number of ether oxygens (including phenoxy) is 2. The number of thiophene rings is 1. The summed E-state index contributed by atoms with van der Waals surface area (Å²) in [5.74, 6) is 1.96. The van der Waals surface area contributed by atoms with Gasteiger partial charge in [0.25, 0.3) is 0 Å². The summed E-state index contributed by atoms with van der Waals surface area (Å²) in [7, 11) is 1.65. The summed E-state index contributed by atoms with van der Waals surface area (Å²) in [5.41, 5.74) is 0. The highest BCUT2D eigenvalue weighted by Gasteiger charge is 2.24. The molecule has 0 unspecified atom stereocenters. The van der Waals surface area contributed by atoms with E-state index in [0.717, 1.165) is 43.9 Å². The quantitative estimate of drug-likeness (QED) is 0.802. The summed E-state index contributed by atoms with van der Waals surface area (Å²) in [4.78, 5) is 15.6. The zero-order valence-corrected chi connectivity index (χ0v) is 16.0. The molecule has 1 aromatic carbocycles. The van der Waals surface area contributed by atoms with Gasteiger partial charge in [-0.05, 0) is 42.8 Å². The zero-order chi connectivity index (χ0) is 18.2. The standard InChI is InChI=1S/C20H26N2O3S/c1-24-17-6-2-7-18(13-17)25-15-16-5-3-11-22(14-16)20(23)21-10-9-19-8-4-12-26-19/h2,4,6-8,12-13,16H,3,5,9-11,14-15H2,1H3,(H,21,23)/t16-/m0/s1. The minimum atomic E-state index is 0.0348. The average molecular weight is 375 g/mol. The molecule has 5 nitrogen and oxygen atoms in total. The van der Waals surface area contributed by atoms with Crippen LogP contribution in [0.1, 0.15) is 17.7 Å². The Labute approximate surface area is 158 Å². The monoisotopic (exact) mass is 374 g/mol. The Morgan fingerprint density at radius 3 is 3.00 bits per heavy atom. The third kappa shape index (κ3) is 5.39. The van der Waals surface area contributed by atoms with E-state index < -0.39 is 0 Å². The molecule has 0 saturated carbocycles. The topological polar surface area (TPSA) is 50.8 Å². The van der Waals surface area contributed by atoms with Crippen molar-refractivity contribution in [3.8, 4) is 11.5 Å². The number of urea groups is 1. The van der Waals surface area contributed by atoms with E-state index in [2.05, 4.69) is 16.8 Å². The number of piperidine rings is 1. The number of carbonyl (C=O) groups excluding carboxylic acids is 1. The first-order valence-electron chi connectivity index (χ1n) is 9.06. The van der Waals surface area contributed by atoms with E-state index in [1.807, 2.05) is 35.2 Å². The molecule has 1 fully saturated rings. The number of amides is 2. The Bertz CT molecular complexity index is 690. The number of nitrogens with zero attached hydrogens (tertiary/aromatic N) is 1. The van der Waals surface area contributed by atoms with Gasteiger partial charge in [0, 0.05) is 36.5 Å². The smallest absolute Gasteiger partial charge is 0.317 e. The first kappa shape index (κ1) is 18.6. The second-order valence-electron chi connectivity index (χ2n) is 6.51. The van der Waals surface area contributed by atoms with Crippen LogP contribution in [-0.4, -0.2) is 44.3 Å². The maximum Gasteiger partial charge on any atom is 0.317 e. The minimum absolute atomic E-state index is 0.0348. The second-order valence-corrected chi connectivity index (χ2v) is 7.54. The molecular weight excluding hydrogens is 348 g/mol. The fourth-order valence-electron chi connectivity index (χ4n) is 3.15. The summed E-state index contributed by atoms with van der Waals surface area (Å²) in [6, 6.07) is 11.8. The molecule has 6 heteroatoms. The third-order valence-corrected chi connectivity index (χ3v) is 5.50. The highest BCUT2D eigenvalue weighted by molar-refractivity contribution is 7.09. The lowest BCUT2D eigenvalue weighted by Crippen LogP contribution is -2.46. The SMILES string of the molecule is COc1cccc(OC[C@H]2CCCN(C(=O)NCCc3cccs3)C2)c1. The molecular formula is C20H26N2O3S. The number of likely N-dealkylation sites (tertiary alicyclic amines) is 1. The number of hydrogen-bond donors (Lipinski definition) is 1. The number of nitrogens with one attached hydrogen (secondary N) is 1. The van der Waals surface area contributed by atoms with Crippen LogP contribution in [0.25, 0.3) is 0 Å². The third-order valence-electron chi connectivity index (χ3n) is 4.56. The van der Waals surface area contributed by atoms with Crippen molar-refractivity contribution in [1.29, 1.82) is 0 Å². The zero-order valence-electron chi connectivity index (χ0n) is 15.1. The molecule has 1 atom stereocenters. The van der Waals surface area contributed by atoms with E-state index in [1.54, 1.807) is 18.4 Å². The van der Waals surface area contributed by atoms with Gasteiger partial charge in [-0.3, -0.25) is 0 Å². The highest BCUT2D eigenvalue weighted by atomic mass is 32.1. The summed E-state index contributed by atoms with van der Waals surface area (Å²) >= 11 is 1.73. The first-order chi connectivity index (χ1) is 12.7. The summed E-state index contributed by atoms with van der Waals surface area (Å²) in [5, 5.41) is 5.10. The Kier molecular flexibility index (Phi) is 6.77. The van der Waals surface area contributed by atoms with Gasteiger partial charge in [0.1, 0.15) is 11.5 Å². The molecule has 140 valence electrons. The molecule has 1 saturated heterocycles. The van der Waals surface area contributed by atoms with Gasteiger partial charge in [-0.15, -0.1) is 11.3 Å². The molecule has 1 aliphatic heterocycles. The lowest BCUT2D eigenvalue weighted by atomic mass is 9.99. The van der Waals surface area contributed by atoms with Gasteiger partial charge in [-0.1, -0.05) is 12.1 Å². The minimum Gasteiger partial charge on any atom is -0.497 e. The molecule has 2 aromatic rings. The Hall–Kier alpha value is -2.21. The van der Waals surface area contributed by atoms with E-state index >= 15 is 0 Å². The van der Waals surface area contributed by atoms with Gasteiger partial charge in [-0.25, -0.2) is 4.79 Å². The molecule has 2 heterocycles. The van der Waals surface area contributed by atoms with Crippen LogP contribution in [0.4, 0.5) is 4.79 Å². The molecule has 0 bridgehead atoms. The highest BCUT2D eigenvalue weighted by Crippen LogP contribution is 2.22. The second kappa shape index (κ2) is 9.48. The largest absolute Gasteiger partial charge is 0.497 e. The lowest BCUT2D eigenvalue weighted by molar-refractivity contribution is 0.137. The van der Waals surface area contributed by atoms with Crippen molar-refractivity contribution in [2.45, 2.75) is 19.3 Å². The van der Waals surface area contributed by atoms with Crippen LogP contribution in [0.15, 0.2) is 41.8 Å². The van der Waals surface area contributed by atoms with Crippen molar-refractivity contribution in [2.24, 2.45) is 5.92 Å². The fraction of sp³-hybridized carbons (Fsp3) is 0.450. The Morgan fingerprint density at radius 2 is 2.19 bits per heavy atom. The number of hydrogen-bond acceptors (Lipinski definition) is 4. The summed E-state index contributed by atoms with van der Waals surface area (Å²) in [6.45, 7) is 2.86. The van der Waals surface area contributed by atoms with Gasteiger partial charge in [0.15, 0.2) is 0 Å². The van der Waals surface area contributed by atoms with E-state index in [9.17, 15) is 4.79 Å². The number of carbonyl (C=O) groups is 1. The van der Waals surface area contributed by atoms with Crippen molar-refractivity contribution in [2.75, 3.05) is 33.4 Å². The lowest BCUT2D eigenvalue weighted by Gasteiger charge is -2.32. The van der Waals surface area contributed by atoms with E-state index in [4.69, 9.17) is 9.47 Å². The van der Waals surface area contributed by atoms with Crippen LogP contribution in [0.2, 0.25) is 0 Å². The predicted octanol–water partition coefficient (Wildman–Crippen LogP) is 3.80. The van der Waals surface area contributed by atoms with Crippen LogP contribution in [0.3, 0.4) is 0 Å². The van der Waals surface area contributed by atoms with Crippen molar-refractivity contribution < 1.29 is 14.3 Å². The molecule has 1 N–H and O–H groups in total. The maximum atomic E-state index is 12.4. The van der Waals surface area contributed by atoms with Crippen molar-refractivity contribution in [3.05, 3.63) is 46.7 Å². The number of rotatable bonds is 7. The van der Waals surface area contributed by atoms with Crippen LogP contribution in [0.5, 0.6) is 11.5 Å². The van der Waals surface area contributed by atoms with Crippen molar-refractivity contribution >= 4 is 17.4 Å². The maximum absolute atomic E-state index is 12.4. The van der Waals surface area contributed by atoms with E-state index in [1.165, 1.54) is 4.88 Å². The van der Waals surface area contributed by atoms with Crippen LogP contribution >= 0.6 is 11.3 Å².